The van der Waals surface area contributed by atoms with Gasteiger partial charge in [-0.2, -0.15) is 0 Å². The van der Waals surface area contributed by atoms with Crippen LogP contribution in [0.5, 0.6) is 0 Å². The van der Waals surface area contributed by atoms with Crippen molar-refractivity contribution in [2.75, 3.05) is 25.6 Å². The topological polar surface area (TPSA) is 21.3 Å². The fraction of sp³-hybridized carbons (Fsp3) is 1.00. The van der Waals surface area contributed by atoms with Gasteiger partial charge in [0.1, 0.15) is 0 Å². The highest BCUT2D eigenvalue weighted by atomic mass is 35.5. The summed E-state index contributed by atoms with van der Waals surface area (Å²) in [6.45, 7) is 3.08. The van der Waals surface area contributed by atoms with Crippen LogP contribution >= 0.6 is 11.6 Å². The van der Waals surface area contributed by atoms with E-state index >= 15 is 0 Å². The molecule has 0 bridgehead atoms. The van der Waals surface area contributed by atoms with E-state index < -0.39 is 0 Å². The molecule has 1 saturated heterocycles. The fourth-order valence-corrected chi connectivity index (χ4v) is 3.13. The quantitative estimate of drug-likeness (QED) is 0.751. The van der Waals surface area contributed by atoms with Crippen LogP contribution in [0.25, 0.3) is 0 Å². The molecule has 2 unspecified atom stereocenters. The van der Waals surface area contributed by atoms with E-state index in [-0.39, 0.29) is 0 Å². The Hall–Kier alpha value is 0.210. The van der Waals surface area contributed by atoms with Gasteiger partial charge in [0.15, 0.2) is 0 Å². The summed E-state index contributed by atoms with van der Waals surface area (Å²) in [5.41, 5.74) is 0. The Morgan fingerprint density at radius 3 is 2.67 bits per heavy atom. The lowest BCUT2D eigenvalue weighted by atomic mass is 9.99. The van der Waals surface area contributed by atoms with Crippen molar-refractivity contribution in [3.63, 3.8) is 0 Å². The van der Waals surface area contributed by atoms with E-state index in [2.05, 4.69) is 5.32 Å². The highest BCUT2D eigenvalue weighted by Crippen LogP contribution is 2.27. The van der Waals surface area contributed by atoms with Crippen molar-refractivity contribution in [2.45, 2.75) is 38.1 Å². The van der Waals surface area contributed by atoms with Crippen molar-refractivity contribution in [3.8, 4) is 0 Å². The largest absolute Gasteiger partial charge is 0.381 e. The Labute approximate surface area is 97.7 Å². The molecule has 0 amide bonds. The molecule has 88 valence electrons. The van der Waals surface area contributed by atoms with Crippen LogP contribution in [0.2, 0.25) is 0 Å². The Morgan fingerprint density at radius 2 is 1.93 bits per heavy atom. The molecular formula is C12H22ClNO. The van der Waals surface area contributed by atoms with Gasteiger partial charge in [0.05, 0.1) is 0 Å². The summed E-state index contributed by atoms with van der Waals surface area (Å²) in [6, 6.07) is 0.686. The van der Waals surface area contributed by atoms with Gasteiger partial charge in [0.25, 0.3) is 0 Å². The number of alkyl halides is 1. The van der Waals surface area contributed by atoms with E-state index in [0.717, 1.165) is 25.0 Å². The van der Waals surface area contributed by atoms with Gasteiger partial charge in [-0.1, -0.05) is 6.42 Å². The first kappa shape index (κ1) is 11.7. The summed E-state index contributed by atoms with van der Waals surface area (Å²) in [5, 5.41) is 3.71. The highest BCUT2D eigenvalue weighted by Gasteiger charge is 2.26. The van der Waals surface area contributed by atoms with Crippen LogP contribution in [0.15, 0.2) is 0 Å². The molecule has 0 spiro atoms. The van der Waals surface area contributed by atoms with Crippen LogP contribution in [-0.2, 0) is 4.74 Å². The van der Waals surface area contributed by atoms with Crippen LogP contribution in [0, 0.1) is 11.8 Å². The molecule has 0 aromatic rings. The van der Waals surface area contributed by atoms with Gasteiger partial charge in [0.2, 0.25) is 0 Å². The number of hydrogen-bond acceptors (Lipinski definition) is 2. The molecule has 1 N–H and O–H groups in total. The van der Waals surface area contributed by atoms with Gasteiger partial charge in [-0.05, 0) is 44.1 Å². The Balaban J connectivity index is 1.67. The highest BCUT2D eigenvalue weighted by molar-refractivity contribution is 6.18. The second kappa shape index (κ2) is 6.07. The van der Waals surface area contributed by atoms with Crippen molar-refractivity contribution in [1.29, 1.82) is 0 Å². The summed E-state index contributed by atoms with van der Waals surface area (Å²) >= 11 is 5.96. The van der Waals surface area contributed by atoms with Crippen LogP contribution in [0.3, 0.4) is 0 Å². The predicted molar refractivity (Wildman–Crippen MR) is 63.4 cm³/mol. The molecule has 2 nitrogen and oxygen atoms in total. The first-order valence-corrected chi connectivity index (χ1v) is 6.80. The minimum atomic E-state index is 0.686. The van der Waals surface area contributed by atoms with Crippen molar-refractivity contribution in [1.82, 2.24) is 5.32 Å². The first-order chi connectivity index (χ1) is 7.40. The van der Waals surface area contributed by atoms with Crippen LogP contribution in [0.4, 0.5) is 0 Å². The van der Waals surface area contributed by atoms with E-state index in [4.69, 9.17) is 16.3 Å². The van der Waals surface area contributed by atoms with Crippen molar-refractivity contribution in [3.05, 3.63) is 0 Å². The summed E-state index contributed by atoms with van der Waals surface area (Å²) in [6.07, 6.45) is 6.44. The molecule has 1 saturated carbocycles. The van der Waals surface area contributed by atoms with Crippen LogP contribution < -0.4 is 5.32 Å². The van der Waals surface area contributed by atoms with E-state index in [0.29, 0.717) is 12.0 Å². The fourth-order valence-electron chi connectivity index (χ4n) is 2.76. The number of ether oxygens (including phenoxy) is 1. The molecule has 2 atom stereocenters. The molecule has 0 aromatic carbocycles. The van der Waals surface area contributed by atoms with E-state index in [1.807, 2.05) is 0 Å². The third kappa shape index (κ3) is 3.33. The number of rotatable bonds is 4. The summed E-state index contributed by atoms with van der Waals surface area (Å²) < 4.78 is 5.36. The van der Waals surface area contributed by atoms with E-state index in [1.165, 1.54) is 38.6 Å². The van der Waals surface area contributed by atoms with Gasteiger partial charge in [-0.25, -0.2) is 0 Å². The van der Waals surface area contributed by atoms with Crippen LogP contribution in [-0.4, -0.2) is 31.7 Å². The molecule has 2 aliphatic rings. The number of halogens is 1. The van der Waals surface area contributed by atoms with Gasteiger partial charge >= 0.3 is 0 Å². The lowest BCUT2D eigenvalue weighted by Gasteiger charge is -2.26. The third-order valence-corrected chi connectivity index (χ3v) is 4.26. The summed E-state index contributed by atoms with van der Waals surface area (Å²) in [4.78, 5) is 0. The number of nitrogens with one attached hydrogen (secondary N) is 1. The van der Waals surface area contributed by atoms with Gasteiger partial charge < -0.3 is 10.1 Å². The molecule has 3 heteroatoms. The Morgan fingerprint density at radius 1 is 1.13 bits per heavy atom. The van der Waals surface area contributed by atoms with E-state index in [1.54, 1.807) is 0 Å². The van der Waals surface area contributed by atoms with Gasteiger partial charge in [0, 0.05) is 25.1 Å². The summed E-state index contributed by atoms with van der Waals surface area (Å²) in [5.74, 6) is 2.37. The normalized spacial score (nSPS) is 33.4. The zero-order chi connectivity index (χ0) is 10.5. The molecule has 1 aliphatic heterocycles. The van der Waals surface area contributed by atoms with E-state index in [9.17, 15) is 0 Å². The zero-order valence-corrected chi connectivity index (χ0v) is 10.1. The molecular weight excluding hydrogens is 210 g/mol. The lowest BCUT2D eigenvalue weighted by Crippen LogP contribution is -2.38. The molecule has 1 heterocycles. The monoisotopic (exact) mass is 231 g/mol. The average Bonchev–Trinajstić information content (AvgIpc) is 2.75. The molecule has 2 fully saturated rings. The SMILES string of the molecule is ClCC1CCCC1NCC1CCOCC1. The third-order valence-electron chi connectivity index (χ3n) is 3.87. The molecule has 0 radical (unpaired) electrons. The second-order valence-electron chi connectivity index (χ2n) is 4.92. The van der Waals surface area contributed by atoms with Crippen molar-refractivity contribution < 1.29 is 4.74 Å². The smallest absolute Gasteiger partial charge is 0.0469 e. The maximum absolute atomic E-state index is 5.96. The summed E-state index contributed by atoms with van der Waals surface area (Å²) in [7, 11) is 0. The minimum Gasteiger partial charge on any atom is -0.381 e. The average molecular weight is 232 g/mol. The van der Waals surface area contributed by atoms with Gasteiger partial charge in [-0.3, -0.25) is 0 Å². The Bertz CT molecular complexity index is 182. The number of hydrogen-bond donors (Lipinski definition) is 1. The first-order valence-electron chi connectivity index (χ1n) is 6.27. The second-order valence-corrected chi connectivity index (χ2v) is 5.22. The van der Waals surface area contributed by atoms with Crippen LogP contribution in [0.1, 0.15) is 32.1 Å². The van der Waals surface area contributed by atoms with Gasteiger partial charge in [-0.15, -0.1) is 11.6 Å². The molecule has 0 aromatic heterocycles. The standard InChI is InChI=1S/C12H22ClNO/c13-8-11-2-1-3-12(11)14-9-10-4-6-15-7-5-10/h10-12,14H,1-9H2. The molecule has 2 rings (SSSR count). The molecule has 15 heavy (non-hydrogen) atoms. The van der Waals surface area contributed by atoms with Crippen molar-refractivity contribution >= 4 is 11.6 Å². The Kier molecular flexibility index (Phi) is 4.73. The van der Waals surface area contributed by atoms with Crippen molar-refractivity contribution in [2.24, 2.45) is 11.8 Å². The maximum atomic E-state index is 5.96. The predicted octanol–water partition coefficient (Wildman–Crippen LogP) is 2.41. The minimum absolute atomic E-state index is 0.686. The lowest BCUT2D eigenvalue weighted by molar-refractivity contribution is 0.0651. The maximum Gasteiger partial charge on any atom is 0.0469 e. The molecule has 1 aliphatic carbocycles. The zero-order valence-electron chi connectivity index (χ0n) is 9.38.